The maximum atomic E-state index is 12.6. The van der Waals surface area contributed by atoms with E-state index in [0.717, 1.165) is 6.07 Å². The topological polar surface area (TPSA) is 58.2 Å². The zero-order valence-electron chi connectivity index (χ0n) is 11.7. The average molecular weight is 357 g/mol. The molecule has 0 saturated carbocycles. The van der Waals surface area contributed by atoms with Gasteiger partial charge in [-0.1, -0.05) is 11.6 Å². The summed E-state index contributed by atoms with van der Waals surface area (Å²) in [6, 6.07) is 2.13. The van der Waals surface area contributed by atoms with Crippen molar-refractivity contribution < 1.29 is 21.6 Å². The van der Waals surface area contributed by atoms with Crippen LogP contribution in [0.15, 0.2) is 23.1 Å². The molecule has 1 heterocycles. The van der Waals surface area contributed by atoms with Crippen molar-refractivity contribution in [3.8, 4) is 0 Å². The van der Waals surface area contributed by atoms with E-state index in [9.17, 15) is 21.6 Å². The maximum Gasteiger partial charge on any atom is 0.416 e. The normalized spacial score (nSPS) is 23.5. The first-order chi connectivity index (χ1) is 10.1. The van der Waals surface area contributed by atoms with Crippen LogP contribution in [0.25, 0.3) is 0 Å². The van der Waals surface area contributed by atoms with Crippen molar-refractivity contribution in [2.45, 2.75) is 42.9 Å². The second-order valence-corrected chi connectivity index (χ2v) is 7.43. The Labute approximate surface area is 132 Å². The van der Waals surface area contributed by atoms with Gasteiger partial charge in [-0.15, -0.1) is 0 Å². The first-order valence-electron chi connectivity index (χ1n) is 6.72. The van der Waals surface area contributed by atoms with E-state index in [4.69, 9.17) is 11.6 Å². The van der Waals surface area contributed by atoms with Crippen LogP contribution in [0, 0.1) is 0 Å². The Balaban J connectivity index is 2.22. The Kier molecular flexibility index (Phi) is 5.06. The van der Waals surface area contributed by atoms with Gasteiger partial charge in [0.25, 0.3) is 0 Å². The van der Waals surface area contributed by atoms with Gasteiger partial charge >= 0.3 is 6.18 Å². The molecule has 1 aliphatic rings. The van der Waals surface area contributed by atoms with Crippen molar-refractivity contribution in [3.05, 3.63) is 28.8 Å². The minimum Gasteiger partial charge on any atom is -0.314 e. The van der Waals surface area contributed by atoms with Gasteiger partial charge in [-0.3, -0.25) is 0 Å². The fraction of sp³-hybridized carbons (Fsp3) is 0.538. The number of nitrogens with one attached hydrogen (secondary N) is 2. The molecule has 0 bridgehead atoms. The summed E-state index contributed by atoms with van der Waals surface area (Å²) in [5, 5.41) is 2.75. The first-order valence-corrected chi connectivity index (χ1v) is 8.58. The third-order valence-corrected chi connectivity index (χ3v) is 5.50. The molecule has 0 aromatic heterocycles. The van der Waals surface area contributed by atoms with Crippen molar-refractivity contribution in [1.29, 1.82) is 0 Å². The largest absolute Gasteiger partial charge is 0.416 e. The number of piperidine rings is 1. The van der Waals surface area contributed by atoms with Crippen LogP contribution in [0.1, 0.15) is 25.3 Å². The lowest BCUT2D eigenvalue weighted by Gasteiger charge is -2.28. The van der Waals surface area contributed by atoms with E-state index in [2.05, 4.69) is 10.0 Å². The molecule has 2 atom stereocenters. The molecule has 1 saturated heterocycles. The lowest BCUT2D eigenvalue weighted by Crippen LogP contribution is -2.46. The molecule has 2 rings (SSSR count). The highest BCUT2D eigenvalue weighted by Gasteiger charge is 2.32. The van der Waals surface area contributed by atoms with E-state index < -0.39 is 26.8 Å². The zero-order chi connectivity index (χ0) is 16.5. The number of hydrogen-bond donors (Lipinski definition) is 2. The Morgan fingerprint density at radius 2 is 2.05 bits per heavy atom. The molecule has 9 heteroatoms. The van der Waals surface area contributed by atoms with Gasteiger partial charge in [-0.2, -0.15) is 13.2 Å². The Morgan fingerprint density at radius 3 is 2.59 bits per heavy atom. The fourth-order valence-corrected chi connectivity index (χ4v) is 4.24. The summed E-state index contributed by atoms with van der Waals surface area (Å²) in [5.74, 6) is 0. The van der Waals surface area contributed by atoms with E-state index in [1.165, 1.54) is 0 Å². The standard InChI is InChI=1S/C13H16ClF3N2O2S/c1-8-6-10(4-5-18-8)19-22(20,21)12-3-2-9(7-11(12)14)13(15,16)17/h2-3,7-8,10,18-19H,4-6H2,1H3. The van der Waals surface area contributed by atoms with E-state index in [-0.39, 0.29) is 17.0 Å². The van der Waals surface area contributed by atoms with E-state index >= 15 is 0 Å². The molecular formula is C13H16ClF3N2O2S. The van der Waals surface area contributed by atoms with Crippen LogP contribution in [-0.2, 0) is 16.2 Å². The number of alkyl halides is 3. The van der Waals surface area contributed by atoms with Gasteiger partial charge in [0.1, 0.15) is 4.90 Å². The first kappa shape index (κ1) is 17.5. The smallest absolute Gasteiger partial charge is 0.314 e. The summed E-state index contributed by atoms with van der Waals surface area (Å²) in [6.07, 6.45) is -3.34. The quantitative estimate of drug-likeness (QED) is 0.875. The zero-order valence-corrected chi connectivity index (χ0v) is 13.3. The van der Waals surface area contributed by atoms with Crippen LogP contribution in [0.4, 0.5) is 13.2 Å². The van der Waals surface area contributed by atoms with Crippen LogP contribution in [0.3, 0.4) is 0 Å². The second-order valence-electron chi connectivity index (χ2n) is 5.34. The molecule has 22 heavy (non-hydrogen) atoms. The monoisotopic (exact) mass is 356 g/mol. The number of halogens is 4. The molecule has 1 aromatic carbocycles. The number of sulfonamides is 1. The average Bonchev–Trinajstić information content (AvgIpc) is 2.36. The summed E-state index contributed by atoms with van der Waals surface area (Å²) in [5.41, 5.74) is -0.980. The molecular weight excluding hydrogens is 341 g/mol. The predicted octanol–water partition coefficient (Wildman–Crippen LogP) is 2.78. The lowest BCUT2D eigenvalue weighted by molar-refractivity contribution is -0.137. The fourth-order valence-electron chi connectivity index (χ4n) is 2.42. The van der Waals surface area contributed by atoms with Gasteiger partial charge in [0, 0.05) is 12.1 Å². The summed E-state index contributed by atoms with van der Waals surface area (Å²) in [4.78, 5) is -0.339. The van der Waals surface area contributed by atoms with Crippen molar-refractivity contribution >= 4 is 21.6 Å². The Bertz CT molecular complexity index is 649. The number of rotatable bonds is 3. The third-order valence-electron chi connectivity index (χ3n) is 3.49. The van der Waals surface area contributed by atoms with Gasteiger partial charge in [0.15, 0.2) is 0 Å². The van der Waals surface area contributed by atoms with Crippen molar-refractivity contribution in [2.75, 3.05) is 6.54 Å². The summed E-state index contributed by atoms with van der Waals surface area (Å²) in [6.45, 7) is 2.61. The molecule has 124 valence electrons. The van der Waals surface area contributed by atoms with Gasteiger partial charge < -0.3 is 5.32 Å². The minimum absolute atomic E-state index is 0.171. The van der Waals surface area contributed by atoms with E-state index in [1.807, 2.05) is 6.92 Å². The van der Waals surface area contributed by atoms with Crippen LogP contribution in [0.5, 0.6) is 0 Å². The molecule has 0 aliphatic carbocycles. The van der Waals surface area contributed by atoms with Gasteiger partial charge in [0.05, 0.1) is 10.6 Å². The SMILES string of the molecule is CC1CC(NS(=O)(=O)c2ccc(C(F)(F)F)cc2Cl)CCN1. The number of benzene rings is 1. The Morgan fingerprint density at radius 1 is 1.36 bits per heavy atom. The lowest BCUT2D eigenvalue weighted by atomic mass is 10.0. The summed E-state index contributed by atoms with van der Waals surface area (Å²) >= 11 is 5.73. The van der Waals surface area contributed by atoms with E-state index in [1.54, 1.807) is 0 Å². The van der Waals surface area contributed by atoms with Gasteiger partial charge in [0.2, 0.25) is 10.0 Å². The molecule has 1 fully saturated rings. The van der Waals surface area contributed by atoms with Crippen LogP contribution < -0.4 is 10.0 Å². The molecule has 0 radical (unpaired) electrons. The highest BCUT2D eigenvalue weighted by molar-refractivity contribution is 7.89. The van der Waals surface area contributed by atoms with Crippen molar-refractivity contribution in [3.63, 3.8) is 0 Å². The van der Waals surface area contributed by atoms with Crippen molar-refractivity contribution in [1.82, 2.24) is 10.0 Å². The van der Waals surface area contributed by atoms with Crippen LogP contribution in [0.2, 0.25) is 5.02 Å². The predicted molar refractivity (Wildman–Crippen MR) is 77.3 cm³/mol. The summed E-state index contributed by atoms with van der Waals surface area (Å²) in [7, 11) is -3.95. The van der Waals surface area contributed by atoms with Crippen LogP contribution in [-0.4, -0.2) is 27.0 Å². The van der Waals surface area contributed by atoms with Gasteiger partial charge in [-0.05, 0) is 44.5 Å². The summed E-state index contributed by atoms with van der Waals surface area (Å²) < 4.78 is 64.8. The maximum absolute atomic E-state index is 12.6. The molecule has 1 aliphatic heterocycles. The van der Waals surface area contributed by atoms with Gasteiger partial charge in [-0.25, -0.2) is 13.1 Å². The molecule has 4 nitrogen and oxygen atoms in total. The highest BCUT2D eigenvalue weighted by Crippen LogP contribution is 2.33. The molecule has 2 N–H and O–H groups in total. The van der Waals surface area contributed by atoms with Crippen LogP contribution >= 0.6 is 11.6 Å². The minimum atomic E-state index is -4.57. The van der Waals surface area contributed by atoms with Crippen molar-refractivity contribution in [2.24, 2.45) is 0 Å². The number of hydrogen-bond acceptors (Lipinski definition) is 3. The molecule has 0 amide bonds. The Hall–Kier alpha value is -0.830. The van der Waals surface area contributed by atoms with E-state index in [0.29, 0.717) is 31.5 Å². The molecule has 2 unspecified atom stereocenters. The second kappa shape index (κ2) is 6.35. The third kappa shape index (κ3) is 4.13. The molecule has 0 spiro atoms. The molecule has 1 aromatic rings. The highest BCUT2D eigenvalue weighted by atomic mass is 35.5.